The Kier molecular flexibility index (Phi) is 4.55. The van der Waals surface area contributed by atoms with E-state index in [1.807, 2.05) is 17.9 Å². The molecule has 0 unspecified atom stereocenters. The Labute approximate surface area is 136 Å². The molecular formula is C18H22N4O. The molecule has 1 aromatic heterocycles. The molecule has 5 heteroatoms. The molecule has 0 spiro atoms. The number of anilines is 1. The van der Waals surface area contributed by atoms with E-state index in [2.05, 4.69) is 40.4 Å². The zero-order valence-electron chi connectivity index (χ0n) is 13.7. The van der Waals surface area contributed by atoms with Gasteiger partial charge < -0.3 is 10.2 Å². The van der Waals surface area contributed by atoms with Crippen LogP contribution in [0.4, 0.5) is 5.95 Å². The minimum atomic E-state index is 0.00612. The van der Waals surface area contributed by atoms with Crippen LogP contribution in [0.15, 0.2) is 30.3 Å². The average molecular weight is 310 g/mol. The number of carbonyl (C=O) groups is 1. The maximum Gasteiger partial charge on any atom is 0.272 e. The lowest BCUT2D eigenvalue weighted by Crippen LogP contribution is -2.28. The van der Waals surface area contributed by atoms with E-state index in [0.29, 0.717) is 18.2 Å². The van der Waals surface area contributed by atoms with Crippen molar-refractivity contribution in [3.63, 3.8) is 0 Å². The first-order valence-corrected chi connectivity index (χ1v) is 8.06. The van der Waals surface area contributed by atoms with Gasteiger partial charge in [0.05, 0.1) is 0 Å². The monoisotopic (exact) mass is 310 g/mol. The average Bonchev–Trinajstić information content (AvgIpc) is 3.06. The van der Waals surface area contributed by atoms with Crippen molar-refractivity contribution in [2.75, 3.05) is 18.4 Å². The van der Waals surface area contributed by atoms with Gasteiger partial charge in [-0.1, -0.05) is 29.8 Å². The van der Waals surface area contributed by atoms with E-state index in [-0.39, 0.29) is 5.91 Å². The van der Waals surface area contributed by atoms with E-state index in [1.165, 1.54) is 11.1 Å². The molecule has 1 aliphatic rings. The molecule has 1 amide bonds. The van der Waals surface area contributed by atoms with Crippen LogP contribution in [0.5, 0.6) is 0 Å². The lowest BCUT2D eigenvalue weighted by Gasteiger charge is -2.15. The minimum absolute atomic E-state index is 0.00612. The topological polar surface area (TPSA) is 58.1 Å². The van der Waals surface area contributed by atoms with Crippen molar-refractivity contribution in [1.29, 1.82) is 0 Å². The fraction of sp³-hybridized carbons (Fsp3) is 0.389. The summed E-state index contributed by atoms with van der Waals surface area (Å²) in [6.45, 7) is 6.25. The standard InChI is InChI=1S/C18H22N4O/c1-13-6-5-7-15(10-13)12-19-18-20-14(2)11-16(21-18)17(23)22-8-3-4-9-22/h5-7,10-11H,3-4,8-9,12H2,1-2H3,(H,19,20,21). The van der Waals surface area contributed by atoms with Crippen LogP contribution in [-0.4, -0.2) is 33.9 Å². The Hall–Kier alpha value is -2.43. The quantitative estimate of drug-likeness (QED) is 0.943. The fourth-order valence-corrected chi connectivity index (χ4v) is 2.84. The smallest absolute Gasteiger partial charge is 0.272 e. The van der Waals surface area contributed by atoms with E-state index in [9.17, 15) is 4.79 Å². The van der Waals surface area contributed by atoms with Gasteiger partial charge in [0.1, 0.15) is 5.69 Å². The number of nitrogens with one attached hydrogen (secondary N) is 1. The van der Waals surface area contributed by atoms with Crippen molar-refractivity contribution in [2.45, 2.75) is 33.2 Å². The number of nitrogens with zero attached hydrogens (tertiary/aromatic N) is 3. The molecule has 0 aliphatic carbocycles. The molecule has 1 fully saturated rings. The summed E-state index contributed by atoms with van der Waals surface area (Å²) in [5.74, 6) is 0.514. The van der Waals surface area contributed by atoms with Crippen LogP contribution in [0.2, 0.25) is 0 Å². The number of hydrogen-bond donors (Lipinski definition) is 1. The normalized spacial score (nSPS) is 14.1. The number of aromatic nitrogens is 2. The molecule has 1 aromatic carbocycles. The first-order valence-electron chi connectivity index (χ1n) is 8.06. The summed E-state index contributed by atoms with van der Waals surface area (Å²) in [4.78, 5) is 23.1. The van der Waals surface area contributed by atoms with Gasteiger partial charge in [0.25, 0.3) is 5.91 Å². The van der Waals surface area contributed by atoms with Crippen molar-refractivity contribution < 1.29 is 4.79 Å². The van der Waals surface area contributed by atoms with Gasteiger partial charge >= 0.3 is 0 Å². The van der Waals surface area contributed by atoms with E-state index in [1.54, 1.807) is 6.07 Å². The van der Waals surface area contributed by atoms with E-state index in [0.717, 1.165) is 31.6 Å². The fourth-order valence-electron chi connectivity index (χ4n) is 2.84. The predicted molar refractivity (Wildman–Crippen MR) is 90.4 cm³/mol. The number of aryl methyl sites for hydroxylation is 2. The third-order valence-corrected chi connectivity index (χ3v) is 4.00. The Morgan fingerprint density at radius 3 is 2.70 bits per heavy atom. The summed E-state index contributed by atoms with van der Waals surface area (Å²) >= 11 is 0. The summed E-state index contributed by atoms with van der Waals surface area (Å²) in [5.41, 5.74) is 3.67. The van der Waals surface area contributed by atoms with Gasteiger partial charge in [-0.05, 0) is 38.3 Å². The molecule has 0 saturated carbocycles. The molecule has 1 N–H and O–H groups in total. The molecular weight excluding hydrogens is 288 g/mol. The van der Waals surface area contributed by atoms with Gasteiger partial charge in [-0.15, -0.1) is 0 Å². The third-order valence-electron chi connectivity index (χ3n) is 4.00. The van der Waals surface area contributed by atoms with Gasteiger partial charge in [0, 0.05) is 25.3 Å². The van der Waals surface area contributed by atoms with Crippen molar-refractivity contribution in [3.8, 4) is 0 Å². The first-order chi connectivity index (χ1) is 11.1. The number of hydrogen-bond acceptors (Lipinski definition) is 4. The van der Waals surface area contributed by atoms with Gasteiger partial charge in [-0.2, -0.15) is 0 Å². The van der Waals surface area contributed by atoms with Crippen LogP contribution < -0.4 is 5.32 Å². The van der Waals surface area contributed by atoms with Crippen LogP contribution in [-0.2, 0) is 6.54 Å². The van der Waals surface area contributed by atoms with Crippen molar-refractivity contribution in [3.05, 3.63) is 52.8 Å². The summed E-state index contributed by atoms with van der Waals surface area (Å²) in [7, 11) is 0. The summed E-state index contributed by atoms with van der Waals surface area (Å²) < 4.78 is 0. The molecule has 0 atom stereocenters. The van der Waals surface area contributed by atoms with Crippen molar-refractivity contribution >= 4 is 11.9 Å². The zero-order valence-corrected chi connectivity index (χ0v) is 13.7. The van der Waals surface area contributed by atoms with Crippen molar-refractivity contribution in [2.24, 2.45) is 0 Å². The molecule has 1 saturated heterocycles. The van der Waals surface area contributed by atoms with E-state index < -0.39 is 0 Å². The molecule has 3 rings (SSSR count). The van der Waals surface area contributed by atoms with Crippen LogP contribution in [0, 0.1) is 13.8 Å². The highest BCUT2D eigenvalue weighted by Crippen LogP contribution is 2.14. The zero-order chi connectivity index (χ0) is 16.2. The third kappa shape index (κ3) is 3.86. The molecule has 5 nitrogen and oxygen atoms in total. The summed E-state index contributed by atoms with van der Waals surface area (Å²) in [6, 6.07) is 10.1. The maximum absolute atomic E-state index is 12.5. The number of amides is 1. The predicted octanol–water partition coefficient (Wildman–Crippen LogP) is 2.94. The highest BCUT2D eigenvalue weighted by molar-refractivity contribution is 5.92. The number of carbonyl (C=O) groups excluding carboxylic acids is 1. The summed E-state index contributed by atoms with van der Waals surface area (Å²) in [5, 5.41) is 3.22. The molecule has 120 valence electrons. The second kappa shape index (κ2) is 6.77. The number of likely N-dealkylation sites (tertiary alicyclic amines) is 1. The molecule has 2 heterocycles. The SMILES string of the molecule is Cc1cccc(CNc2nc(C)cc(C(=O)N3CCCC3)n2)c1. The van der Waals surface area contributed by atoms with Gasteiger partial charge in [-0.25, -0.2) is 9.97 Å². The summed E-state index contributed by atoms with van der Waals surface area (Å²) in [6.07, 6.45) is 2.16. The molecule has 1 aliphatic heterocycles. The highest BCUT2D eigenvalue weighted by atomic mass is 16.2. The van der Waals surface area contributed by atoms with Gasteiger partial charge in [-0.3, -0.25) is 4.79 Å². The Morgan fingerprint density at radius 1 is 1.17 bits per heavy atom. The van der Waals surface area contributed by atoms with Crippen LogP contribution >= 0.6 is 0 Å². The first kappa shape index (κ1) is 15.5. The molecule has 0 radical (unpaired) electrons. The molecule has 2 aromatic rings. The van der Waals surface area contributed by atoms with Crippen molar-refractivity contribution in [1.82, 2.24) is 14.9 Å². The minimum Gasteiger partial charge on any atom is -0.350 e. The van der Waals surface area contributed by atoms with Crippen LogP contribution in [0.1, 0.15) is 40.2 Å². The lowest BCUT2D eigenvalue weighted by molar-refractivity contribution is 0.0787. The number of benzene rings is 1. The number of rotatable bonds is 4. The highest BCUT2D eigenvalue weighted by Gasteiger charge is 2.21. The second-order valence-corrected chi connectivity index (χ2v) is 6.06. The molecule has 23 heavy (non-hydrogen) atoms. The second-order valence-electron chi connectivity index (χ2n) is 6.06. The van der Waals surface area contributed by atoms with E-state index in [4.69, 9.17) is 0 Å². The van der Waals surface area contributed by atoms with Gasteiger partial charge in [0.2, 0.25) is 5.95 Å². The lowest BCUT2D eigenvalue weighted by atomic mass is 10.1. The Bertz CT molecular complexity index is 708. The maximum atomic E-state index is 12.5. The van der Waals surface area contributed by atoms with Crippen LogP contribution in [0.25, 0.3) is 0 Å². The largest absolute Gasteiger partial charge is 0.350 e. The molecule has 0 bridgehead atoms. The van der Waals surface area contributed by atoms with E-state index >= 15 is 0 Å². The van der Waals surface area contributed by atoms with Crippen LogP contribution in [0.3, 0.4) is 0 Å². The van der Waals surface area contributed by atoms with Gasteiger partial charge in [0.15, 0.2) is 0 Å². The Balaban J connectivity index is 1.73. The Morgan fingerprint density at radius 2 is 1.96 bits per heavy atom.